The van der Waals surface area contributed by atoms with Gasteiger partial charge in [-0.15, -0.1) is 0 Å². The summed E-state index contributed by atoms with van der Waals surface area (Å²) in [5, 5.41) is 0. The van der Waals surface area contributed by atoms with Crippen LogP contribution in [0, 0.1) is 0 Å². The summed E-state index contributed by atoms with van der Waals surface area (Å²) in [5.41, 5.74) is 7.74. The Bertz CT molecular complexity index is 717. The van der Waals surface area contributed by atoms with Crippen molar-refractivity contribution in [1.29, 1.82) is 0 Å². The number of carbonyl (C=O) groups excluding carboxylic acids is 1. The quantitative estimate of drug-likeness (QED) is 0.865. The molecule has 2 aliphatic rings. The van der Waals surface area contributed by atoms with Crippen LogP contribution in [0.15, 0.2) is 23.1 Å². The van der Waals surface area contributed by atoms with E-state index in [2.05, 4.69) is 4.72 Å². The number of hydrogen-bond acceptors (Lipinski definition) is 4. The van der Waals surface area contributed by atoms with Gasteiger partial charge in [-0.25, -0.2) is 13.1 Å². The molecule has 126 valence electrons. The summed E-state index contributed by atoms with van der Waals surface area (Å²) in [6.07, 6.45) is 4.37. The van der Waals surface area contributed by atoms with E-state index in [1.165, 1.54) is 6.92 Å². The standard InChI is InChI=1S/C16H23N3O3S/c1-11(20)19-9-8-12-10-13(6-7-16(12)19)23(21,22)18-15-5-3-2-4-14(15)17/h6-7,10,14-15,18H,2-5,8-9,17H2,1H3/t14-,15-/m1/s1. The zero-order valence-corrected chi connectivity index (χ0v) is 14.1. The Kier molecular flexibility index (Phi) is 4.44. The van der Waals surface area contributed by atoms with Crippen LogP contribution in [0.25, 0.3) is 0 Å². The van der Waals surface area contributed by atoms with Gasteiger partial charge in [-0.1, -0.05) is 12.8 Å². The highest BCUT2D eigenvalue weighted by Gasteiger charge is 2.29. The first-order valence-electron chi connectivity index (χ1n) is 8.07. The summed E-state index contributed by atoms with van der Waals surface area (Å²) in [6.45, 7) is 2.13. The molecular formula is C16H23N3O3S. The van der Waals surface area contributed by atoms with Crippen molar-refractivity contribution < 1.29 is 13.2 Å². The Balaban J connectivity index is 1.82. The maximum Gasteiger partial charge on any atom is 0.240 e. The van der Waals surface area contributed by atoms with E-state index in [-0.39, 0.29) is 22.9 Å². The number of hydrogen-bond donors (Lipinski definition) is 2. The lowest BCUT2D eigenvalue weighted by Gasteiger charge is -2.29. The van der Waals surface area contributed by atoms with Crippen LogP contribution >= 0.6 is 0 Å². The molecule has 1 aliphatic heterocycles. The first-order chi connectivity index (χ1) is 10.9. The lowest BCUT2D eigenvalue weighted by atomic mass is 9.92. The largest absolute Gasteiger partial charge is 0.326 e. The van der Waals surface area contributed by atoms with Crippen molar-refractivity contribution in [3.05, 3.63) is 23.8 Å². The van der Waals surface area contributed by atoms with Crippen molar-refractivity contribution in [1.82, 2.24) is 4.72 Å². The van der Waals surface area contributed by atoms with Gasteiger partial charge >= 0.3 is 0 Å². The molecule has 0 unspecified atom stereocenters. The van der Waals surface area contributed by atoms with E-state index in [4.69, 9.17) is 5.73 Å². The second kappa shape index (κ2) is 6.22. The first-order valence-corrected chi connectivity index (χ1v) is 9.56. The Morgan fingerprint density at radius 2 is 2.04 bits per heavy atom. The second-order valence-corrected chi connectivity index (χ2v) is 8.10. The molecule has 1 heterocycles. The van der Waals surface area contributed by atoms with Crippen LogP contribution in [0.2, 0.25) is 0 Å². The minimum absolute atomic E-state index is 0.0225. The number of nitrogens with zero attached hydrogens (tertiary/aromatic N) is 1. The molecule has 0 bridgehead atoms. The van der Waals surface area contributed by atoms with E-state index in [0.717, 1.165) is 36.9 Å². The monoisotopic (exact) mass is 337 g/mol. The molecule has 0 saturated heterocycles. The summed E-state index contributed by atoms with van der Waals surface area (Å²) < 4.78 is 28.0. The third kappa shape index (κ3) is 3.27. The molecule has 2 atom stereocenters. The van der Waals surface area contributed by atoms with Gasteiger partial charge < -0.3 is 10.6 Å². The molecule has 3 rings (SSSR count). The minimum atomic E-state index is -3.59. The number of anilines is 1. The normalized spacial score (nSPS) is 24.5. The van der Waals surface area contributed by atoms with Crippen LogP contribution in [0.4, 0.5) is 5.69 Å². The maximum atomic E-state index is 12.6. The molecule has 0 spiro atoms. The van der Waals surface area contributed by atoms with Crippen molar-refractivity contribution in [2.75, 3.05) is 11.4 Å². The zero-order valence-electron chi connectivity index (χ0n) is 13.3. The predicted molar refractivity (Wildman–Crippen MR) is 88.7 cm³/mol. The molecule has 3 N–H and O–H groups in total. The molecule has 1 aromatic rings. The highest BCUT2D eigenvalue weighted by molar-refractivity contribution is 7.89. The zero-order chi connectivity index (χ0) is 16.6. The van der Waals surface area contributed by atoms with E-state index in [0.29, 0.717) is 13.0 Å². The van der Waals surface area contributed by atoms with Gasteiger partial charge in [0.1, 0.15) is 0 Å². The number of sulfonamides is 1. The summed E-state index contributed by atoms with van der Waals surface area (Å²) in [7, 11) is -3.59. The highest BCUT2D eigenvalue weighted by atomic mass is 32.2. The van der Waals surface area contributed by atoms with Crippen LogP contribution in [0.5, 0.6) is 0 Å². The lowest BCUT2D eigenvalue weighted by molar-refractivity contribution is -0.116. The molecule has 1 aliphatic carbocycles. The van der Waals surface area contributed by atoms with Crippen LogP contribution in [0.1, 0.15) is 38.2 Å². The molecule has 0 radical (unpaired) electrons. The van der Waals surface area contributed by atoms with Crippen LogP contribution in [-0.4, -0.2) is 33.0 Å². The number of fused-ring (bicyclic) bond motifs is 1. The van der Waals surface area contributed by atoms with Crippen molar-refractivity contribution in [3.63, 3.8) is 0 Å². The number of rotatable bonds is 3. The highest BCUT2D eigenvalue weighted by Crippen LogP contribution is 2.30. The summed E-state index contributed by atoms with van der Waals surface area (Å²) in [4.78, 5) is 13.5. The van der Waals surface area contributed by atoms with Gasteiger partial charge in [0.15, 0.2) is 0 Å². The third-order valence-electron chi connectivity index (χ3n) is 4.76. The predicted octanol–water partition coefficient (Wildman–Crippen LogP) is 1.14. The number of nitrogens with one attached hydrogen (secondary N) is 1. The molecule has 1 amide bonds. The molecular weight excluding hydrogens is 314 g/mol. The van der Waals surface area contributed by atoms with Crippen molar-refractivity contribution in [2.45, 2.75) is 56.0 Å². The fourth-order valence-corrected chi connectivity index (χ4v) is 4.82. The van der Waals surface area contributed by atoms with Crippen molar-refractivity contribution >= 4 is 21.6 Å². The molecule has 7 heteroatoms. The van der Waals surface area contributed by atoms with Crippen molar-refractivity contribution in [3.8, 4) is 0 Å². The van der Waals surface area contributed by atoms with Crippen LogP contribution in [-0.2, 0) is 21.2 Å². The Morgan fingerprint density at radius 1 is 1.30 bits per heavy atom. The average molecular weight is 337 g/mol. The van der Waals surface area contributed by atoms with Gasteiger partial charge in [-0.2, -0.15) is 0 Å². The SMILES string of the molecule is CC(=O)N1CCc2cc(S(=O)(=O)N[C@@H]3CCCC[C@H]3N)ccc21. The molecule has 23 heavy (non-hydrogen) atoms. The molecule has 1 saturated carbocycles. The fourth-order valence-electron chi connectivity index (χ4n) is 3.45. The maximum absolute atomic E-state index is 12.6. The van der Waals surface area contributed by atoms with Gasteiger partial charge in [-0.3, -0.25) is 4.79 Å². The second-order valence-electron chi connectivity index (χ2n) is 6.39. The van der Waals surface area contributed by atoms with E-state index < -0.39 is 10.0 Å². The van der Waals surface area contributed by atoms with Crippen LogP contribution < -0.4 is 15.4 Å². The van der Waals surface area contributed by atoms with E-state index >= 15 is 0 Å². The van der Waals surface area contributed by atoms with E-state index in [9.17, 15) is 13.2 Å². The van der Waals surface area contributed by atoms with E-state index in [1.807, 2.05) is 0 Å². The van der Waals surface area contributed by atoms with Gasteiger partial charge in [0.2, 0.25) is 15.9 Å². The van der Waals surface area contributed by atoms with E-state index in [1.54, 1.807) is 23.1 Å². The van der Waals surface area contributed by atoms with Gasteiger partial charge in [0.05, 0.1) is 4.90 Å². The molecule has 0 aromatic heterocycles. The number of amides is 1. The molecule has 1 fully saturated rings. The van der Waals surface area contributed by atoms with Crippen molar-refractivity contribution in [2.24, 2.45) is 5.73 Å². The lowest BCUT2D eigenvalue weighted by Crippen LogP contribution is -2.49. The number of nitrogens with two attached hydrogens (primary N) is 1. The average Bonchev–Trinajstić information content (AvgIpc) is 2.92. The Labute approximate surface area is 137 Å². The summed E-state index contributed by atoms with van der Waals surface area (Å²) >= 11 is 0. The minimum Gasteiger partial charge on any atom is -0.326 e. The molecule has 1 aromatic carbocycles. The fraction of sp³-hybridized carbons (Fsp3) is 0.562. The Morgan fingerprint density at radius 3 is 2.74 bits per heavy atom. The first kappa shape index (κ1) is 16.4. The smallest absolute Gasteiger partial charge is 0.240 e. The summed E-state index contributed by atoms with van der Waals surface area (Å²) in [6, 6.07) is 4.64. The molecule has 6 nitrogen and oxygen atoms in total. The third-order valence-corrected chi connectivity index (χ3v) is 6.25. The number of benzene rings is 1. The van der Waals surface area contributed by atoms with Gasteiger partial charge in [0.25, 0.3) is 0 Å². The Hall–Kier alpha value is -1.44. The van der Waals surface area contributed by atoms with Gasteiger partial charge in [-0.05, 0) is 43.0 Å². The topological polar surface area (TPSA) is 92.5 Å². The van der Waals surface area contributed by atoms with Crippen LogP contribution in [0.3, 0.4) is 0 Å². The summed E-state index contributed by atoms with van der Waals surface area (Å²) in [5.74, 6) is -0.0225. The van der Waals surface area contributed by atoms with Gasteiger partial charge in [0, 0.05) is 31.2 Å². The number of carbonyl (C=O) groups is 1.